The van der Waals surface area contributed by atoms with Crippen molar-refractivity contribution in [1.82, 2.24) is 4.57 Å². The van der Waals surface area contributed by atoms with Crippen molar-refractivity contribution in [2.24, 2.45) is 0 Å². The van der Waals surface area contributed by atoms with Crippen molar-refractivity contribution >= 4 is 16.9 Å². The molecule has 1 aromatic heterocycles. The van der Waals surface area contributed by atoms with Crippen molar-refractivity contribution in [3.05, 3.63) is 64.2 Å². The Morgan fingerprint density at radius 1 is 1.16 bits per heavy atom. The Labute approximate surface area is 184 Å². The fraction of sp³-hybridized carbons (Fsp3) is 0.0588. The number of benzene rings is 2. The predicted octanol–water partition coefficient (Wildman–Crippen LogP) is -0.327. The number of halogens is 1. The van der Waals surface area contributed by atoms with Crippen LogP contribution in [0.4, 0.5) is 4.39 Å². The molecular formula is C17H11FKNO5. The predicted molar refractivity (Wildman–Crippen MR) is 83.7 cm³/mol. The maximum absolute atomic E-state index is 13.2. The molecule has 2 aromatic carbocycles. The van der Waals surface area contributed by atoms with Gasteiger partial charge in [-0.1, -0.05) is 0 Å². The monoisotopic (exact) mass is 367 g/mol. The van der Waals surface area contributed by atoms with E-state index in [1.54, 1.807) is 6.07 Å². The summed E-state index contributed by atoms with van der Waals surface area (Å²) in [6.07, 6.45) is 1.22. The SMILES string of the molecule is O=C(O)c1cn(-c2ccc(F)cc2)c2cc3c(cc2c1=O)OCO3.[H-].[K+]. The number of fused-ring (bicyclic) bond motifs is 2. The molecule has 0 saturated carbocycles. The fourth-order valence-corrected chi connectivity index (χ4v) is 2.68. The average Bonchev–Trinajstić information content (AvgIpc) is 3.02. The third-order valence-corrected chi connectivity index (χ3v) is 3.83. The van der Waals surface area contributed by atoms with Gasteiger partial charge in [0.05, 0.1) is 10.9 Å². The number of hydrogen-bond acceptors (Lipinski definition) is 4. The zero-order valence-electron chi connectivity index (χ0n) is 14.2. The van der Waals surface area contributed by atoms with Crippen molar-refractivity contribution in [3.8, 4) is 17.2 Å². The van der Waals surface area contributed by atoms with Crippen molar-refractivity contribution < 1.29 is 76.6 Å². The smallest absolute Gasteiger partial charge is 1.00 e. The summed E-state index contributed by atoms with van der Waals surface area (Å²) in [5, 5.41) is 9.49. The van der Waals surface area contributed by atoms with Crippen LogP contribution in [0.1, 0.15) is 11.8 Å². The summed E-state index contributed by atoms with van der Waals surface area (Å²) in [5.74, 6) is -0.913. The first kappa shape index (κ1) is 18.1. The molecule has 8 heteroatoms. The number of ether oxygens (including phenoxy) is 2. The molecule has 0 amide bonds. The molecule has 1 aliphatic rings. The number of hydrogen-bond donors (Lipinski definition) is 1. The molecule has 0 aliphatic carbocycles. The van der Waals surface area contributed by atoms with Crippen LogP contribution < -0.4 is 66.3 Å². The summed E-state index contributed by atoms with van der Waals surface area (Å²) in [6, 6.07) is 8.57. The van der Waals surface area contributed by atoms with Crippen molar-refractivity contribution in [2.75, 3.05) is 6.79 Å². The van der Waals surface area contributed by atoms with Crippen LogP contribution in [0.25, 0.3) is 16.6 Å². The molecule has 0 atom stereocenters. The maximum Gasteiger partial charge on any atom is 1.00 e. The van der Waals surface area contributed by atoms with E-state index in [2.05, 4.69) is 0 Å². The van der Waals surface area contributed by atoms with Gasteiger partial charge in [-0.2, -0.15) is 0 Å². The Morgan fingerprint density at radius 2 is 1.80 bits per heavy atom. The number of rotatable bonds is 2. The number of pyridine rings is 1. The van der Waals surface area contributed by atoms with Gasteiger partial charge in [-0.15, -0.1) is 0 Å². The van der Waals surface area contributed by atoms with Crippen molar-refractivity contribution in [2.45, 2.75) is 0 Å². The van der Waals surface area contributed by atoms with Gasteiger partial charge < -0.3 is 20.6 Å². The van der Waals surface area contributed by atoms with Crippen molar-refractivity contribution in [1.29, 1.82) is 0 Å². The first-order valence-corrected chi connectivity index (χ1v) is 7.03. The molecule has 0 radical (unpaired) electrons. The quantitative estimate of drug-likeness (QED) is 0.628. The molecule has 0 unspecified atom stereocenters. The third kappa shape index (κ3) is 3.11. The molecule has 1 aliphatic heterocycles. The Morgan fingerprint density at radius 3 is 2.44 bits per heavy atom. The topological polar surface area (TPSA) is 77.8 Å². The van der Waals surface area contributed by atoms with Gasteiger partial charge in [-0.3, -0.25) is 4.79 Å². The molecule has 6 nitrogen and oxygen atoms in total. The van der Waals surface area contributed by atoms with E-state index < -0.39 is 17.2 Å². The third-order valence-electron chi connectivity index (χ3n) is 3.83. The van der Waals surface area contributed by atoms with Gasteiger partial charge >= 0.3 is 57.4 Å². The zero-order valence-corrected chi connectivity index (χ0v) is 16.3. The van der Waals surface area contributed by atoms with Gasteiger partial charge in [0.25, 0.3) is 0 Å². The molecule has 1 N–H and O–H groups in total. The van der Waals surface area contributed by atoms with E-state index in [4.69, 9.17) is 9.47 Å². The van der Waals surface area contributed by atoms with E-state index in [0.717, 1.165) is 0 Å². The summed E-state index contributed by atoms with van der Waals surface area (Å²) in [4.78, 5) is 23.9. The molecule has 25 heavy (non-hydrogen) atoms. The first-order valence-electron chi connectivity index (χ1n) is 7.03. The van der Waals surface area contributed by atoms with Gasteiger partial charge in [0.2, 0.25) is 12.2 Å². The number of carboxylic acid groups (broad SMARTS) is 1. The molecule has 0 bridgehead atoms. The molecule has 122 valence electrons. The number of aromatic nitrogens is 1. The first-order chi connectivity index (χ1) is 11.5. The van der Waals surface area contributed by atoms with Gasteiger partial charge in [-0.05, 0) is 30.3 Å². The number of carboxylic acids is 1. The van der Waals surface area contributed by atoms with Crippen LogP contribution in [0.5, 0.6) is 11.5 Å². The van der Waals surface area contributed by atoms with Gasteiger partial charge in [0.1, 0.15) is 11.4 Å². The summed E-state index contributed by atoms with van der Waals surface area (Å²) in [7, 11) is 0. The number of aromatic carboxylic acids is 1. The summed E-state index contributed by atoms with van der Waals surface area (Å²) in [5.41, 5.74) is -0.0384. The Kier molecular flexibility index (Phi) is 4.98. The van der Waals surface area contributed by atoms with Crippen LogP contribution in [-0.2, 0) is 0 Å². The van der Waals surface area contributed by atoms with Gasteiger partial charge in [0, 0.05) is 18.0 Å². The van der Waals surface area contributed by atoms with Gasteiger partial charge in [-0.25, -0.2) is 9.18 Å². The minimum absolute atomic E-state index is 0. The molecule has 4 rings (SSSR count). The Hall–Kier alpha value is -1.71. The molecular weight excluding hydrogens is 356 g/mol. The summed E-state index contributed by atoms with van der Waals surface area (Å²) >= 11 is 0. The van der Waals surface area contributed by atoms with Crippen molar-refractivity contribution in [3.63, 3.8) is 0 Å². The number of nitrogens with zero attached hydrogens (tertiary/aromatic N) is 1. The minimum atomic E-state index is -1.34. The average molecular weight is 367 g/mol. The van der Waals surface area contributed by atoms with E-state index in [9.17, 15) is 19.1 Å². The van der Waals surface area contributed by atoms with Crippen LogP contribution in [0.3, 0.4) is 0 Å². The van der Waals surface area contributed by atoms with E-state index in [1.165, 1.54) is 41.1 Å². The van der Waals surface area contributed by atoms with Gasteiger partial charge in [0.15, 0.2) is 11.5 Å². The van der Waals surface area contributed by atoms with Crippen LogP contribution in [0, 0.1) is 5.82 Å². The van der Waals surface area contributed by atoms with Crippen LogP contribution in [-0.4, -0.2) is 22.4 Å². The molecule has 2 heterocycles. The van der Waals surface area contributed by atoms with Crippen LogP contribution >= 0.6 is 0 Å². The van der Waals surface area contributed by atoms with E-state index in [0.29, 0.717) is 22.7 Å². The maximum atomic E-state index is 13.2. The van der Waals surface area contributed by atoms with Crippen LogP contribution in [0.2, 0.25) is 0 Å². The van der Waals surface area contributed by atoms with E-state index >= 15 is 0 Å². The second kappa shape index (κ2) is 6.89. The number of carbonyl (C=O) groups is 1. The standard InChI is InChI=1S/C17H10FNO5.K.H/c18-9-1-3-10(4-2-9)19-7-12(17(21)22)16(20)11-5-14-15(6-13(11)19)24-8-23-14;;/h1-7H,8H2,(H,21,22);;/q;+1;-1. The normalized spacial score (nSPS) is 12.0. The molecule has 0 fully saturated rings. The van der Waals surface area contributed by atoms with E-state index in [1.807, 2.05) is 0 Å². The summed E-state index contributed by atoms with van der Waals surface area (Å²) in [6.45, 7) is 0.0299. The minimum Gasteiger partial charge on any atom is -1.00 e. The Bertz CT molecular complexity index is 1050. The zero-order chi connectivity index (χ0) is 16.8. The molecule has 0 saturated heterocycles. The molecule has 3 aromatic rings. The Balaban J connectivity index is 0.00000121. The second-order valence-electron chi connectivity index (χ2n) is 5.25. The largest absolute Gasteiger partial charge is 1.00 e. The van der Waals surface area contributed by atoms with E-state index in [-0.39, 0.29) is 70.6 Å². The fourth-order valence-electron chi connectivity index (χ4n) is 2.68. The summed E-state index contributed by atoms with van der Waals surface area (Å²) < 4.78 is 25.3. The van der Waals surface area contributed by atoms with Crippen LogP contribution in [0.15, 0.2) is 47.4 Å². The second-order valence-corrected chi connectivity index (χ2v) is 5.25. The molecule has 0 spiro atoms.